The van der Waals surface area contributed by atoms with Gasteiger partial charge in [-0.05, 0) is 62.1 Å². The fourth-order valence-corrected chi connectivity index (χ4v) is 7.44. The van der Waals surface area contributed by atoms with E-state index in [1.807, 2.05) is 55.5 Å². The molecule has 4 aromatic carbocycles. The zero-order valence-corrected chi connectivity index (χ0v) is 26.7. The highest BCUT2D eigenvalue weighted by Gasteiger charge is 2.40. The Morgan fingerprint density at radius 3 is 2.32 bits per heavy atom. The second kappa shape index (κ2) is 14.0. The van der Waals surface area contributed by atoms with Crippen LogP contribution in [0, 0.1) is 31.1 Å². The van der Waals surface area contributed by atoms with E-state index in [0.717, 1.165) is 12.0 Å². The molecule has 0 aromatic heterocycles. The Morgan fingerprint density at radius 2 is 1.64 bits per heavy atom. The molecule has 0 saturated heterocycles. The molecular formula is C37H34ClN3O2S. The van der Waals surface area contributed by atoms with Crippen LogP contribution in [-0.2, 0) is 11.2 Å². The Hall–Kier alpha value is -4.31. The van der Waals surface area contributed by atoms with Crippen LogP contribution < -0.4 is 10.1 Å². The van der Waals surface area contributed by atoms with Gasteiger partial charge in [-0.1, -0.05) is 102 Å². The molecule has 222 valence electrons. The van der Waals surface area contributed by atoms with Crippen LogP contribution in [0.4, 0.5) is 5.69 Å². The topological polar surface area (TPSA) is 74.5 Å². The minimum absolute atomic E-state index is 0.00403. The van der Waals surface area contributed by atoms with Gasteiger partial charge in [0.25, 0.3) is 5.91 Å². The Morgan fingerprint density at radius 1 is 0.977 bits per heavy atom. The summed E-state index contributed by atoms with van der Waals surface area (Å²) in [5.41, 5.74) is 7.00. The SMILES string of the molecule is COc1ccccc1NC(=O)C1=C(C)N=C(SC(Cc2cc(C)cc(C)c2)c2ccccc2)C(C#N)C1c1ccccc1Cl. The molecule has 1 aliphatic rings. The maximum Gasteiger partial charge on any atom is 0.254 e. The molecular weight excluding hydrogens is 586 g/mol. The number of nitrogens with zero attached hydrogens (tertiary/aromatic N) is 2. The Kier molecular flexibility index (Phi) is 9.89. The number of benzene rings is 4. The predicted octanol–water partition coefficient (Wildman–Crippen LogP) is 9.23. The Labute approximate surface area is 268 Å². The van der Waals surface area contributed by atoms with Crippen LogP contribution in [0.2, 0.25) is 5.02 Å². The third-order valence-corrected chi connectivity index (χ3v) is 9.35. The van der Waals surface area contributed by atoms with E-state index < -0.39 is 11.8 Å². The minimum atomic E-state index is -0.729. The van der Waals surface area contributed by atoms with Crippen LogP contribution in [0.3, 0.4) is 0 Å². The zero-order chi connectivity index (χ0) is 31.2. The van der Waals surface area contributed by atoms with Crippen LogP contribution in [-0.4, -0.2) is 18.1 Å². The van der Waals surface area contributed by atoms with Crippen molar-refractivity contribution in [2.45, 2.75) is 38.4 Å². The molecule has 1 N–H and O–H groups in total. The van der Waals surface area contributed by atoms with Gasteiger partial charge in [-0.25, -0.2) is 4.99 Å². The molecule has 3 atom stereocenters. The number of hydrogen-bond acceptors (Lipinski definition) is 5. The summed E-state index contributed by atoms with van der Waals surface area (Å²) in [4.78, 5) is 19.0. The van der Waals surface area contributed by atoms with Crippen LogP contribution in [0.15, 0.2) is 113 Å². The van der Waals surface area contributed by atoms with E-state index in [-0.39, 0.29) is 11.2 Å². The second-order valence-electron chi connectivity index (χ2n) is 10.9. The van der Waals surface area contributed by atoms with Crippen molar-refractivity contribution in [3.8, 4) is 11.8 Å². The lowest BCUT2D eigenvalue weighted by Crippen LogP contribution is -2.32. The first-order chi connectivity index (χ1) is 21.3. The van der Waals surface area contributed by atoms with Crippen molar-refractivity contribution < 1.29 is 9.53 Å². The first kappa shape index (κ1) is 31.1. The molecule has 0 fully saturated rings. The van der Waals surface area contributed by atoms with Gasteiger partial charge < -0.3 is 10.1 Å². The molecule has 0 saturated carbocycles. The van der Waals surface area contributed by atoms with E-state index in [9.17, 15) is 10.1 Å². The molecule has 0 bridgehead atoms. The number of aliphatic imine (C=N–C) groups is 1. The third kappa shape index (κ3) is 6.91. The fraction of sp³-hybridized carbons (Fsp3) is 0.216. The van der Waals surface area contributed by atoms with Gasteiger partial charge in [-0.2, -0.15) is 5.26 Å². The van der Waals surface area contributed by atoms with E-state index in [0.29, 0.717) is 38.3 Å². The molecule has 5 nitrogen and oxygen atoms in total. The van der Waals surface area contributed by atoms with Crippen molar-refractivity contribution in [3.05, 3.63) is 141 Å². The summed E-state index contributed by atoms with van der Waals surface area (Å²) in [5.74, 6) is -1.16. The second-order valence-corrected chi connectivity index (χ2v) is 12.6. The van der Waals surface area contributed by atoms with E-state index in [2.05, 4.69) is 55.6 Å². The van der Waals surface area contributed by atoms with E-state index in [1.54, 1.807) is 37.1 Å². The lowest BCUT2D eigenvalue weighted by molar-refractivity contribution is -0.113. The lowest BCUT2D eigenvalue weighted by Gasteiger charge is -2.32. The number of nitriles is 1. The minimum Gasteiger partial charge on any atom is -0.495 e. The van der Waals surface area contributed by atoms with Crippen molar-refractivity contribution in [3.63, 3.8) is 0 Å². The van der Waals surface area contributed by atoms with Crippen molar-refractivity contribution in [2.24, 2.45) is 10.9 Å². The molecule has 1 heterocycles. The highest BCUT2D eigenvalue weighted by molar-refractivity contribution is 8.14. The van der Waals surface area contributed by atoms with Crippen molar-refractivity contribution in [1.29, 1.82) is 5.26 Å². The number of carbonyl (C=O) groups excluding carboxylic acids is 1. The summed E-state index contributed by atoms with van der Waals surface area (Å²) < 4.78 is 5.46. The normalized spacial score (nSPS) is 17.0. The Balaban J connectivity index is 1.59. The third-order valence-electron chi connectivity index (χ3n) is 7.69. The van der Waals surface area contributed by atoms with Crippen LogP contribution in [0.25, 0.3) is 0 Å². The van der Waals surface area contributed by atoms with Gasteiger partial charge in [-0.3, -0.25) is 4.79 Å². The monoisotopic (exact) mass is 619 g/mol. The molecule has 0 spiro atoms. The highest BCUT2D eigenvalue weighted by atomic mass is 35.5. The maximum absolute atomic E-state index is 14.0. The molecule has 7 heteroatoms. The number of thioether (sulfide) groups is 1. The maximum atomic E-state index is 14.0. The van der Waals surface area contributed by atoms with Gasteiger partial charge in [0.1, 0.15) is 11.7 Å². The molecule has 1 aliphatic heterocycles. The van der Waals surface area contributed by atoms with Gasteiger partial charge in [-0.15, -0.1) is 11.8 Å². The summed E-state index contributed by atoms with van der Waals surface area (Å²) in [6, 6.07) is 34.1. The number of methoxy groups -OCH3 is 1. The van der Waals surface area contributed by atoms with Crippen LogP contribution in [0.1, 0.15) is 45.9 Å². The molecule has 5 rings (SSSR count). The van der Waals surface area contributed by atoms with Gasteiger partial charge >= 0.3 is 0 Å². The Bertz CT molecular complexity index is 1760. The summed E-state index contributed by atoms with van der Waals surface area (Å²) >= 11 is 8.35. The fourth-order valence-electron chi connectivity index (χ4n) is 5.81. The zero-order valence-electron chi connectivity index (χ0n) is 25.2. The van der Waals surface area contributed by atoms with Gasteiger partial charge in [0.2, 0.25) is 0 Å². The average molecular weight is 620 g/mol. The number of carbonyl (C=O) groups is 1. The molecule has 4 aromatic rings. The summed E-state index contributed by atoms with van der Waals surface area (Å²) in [6.07, 6.45) is 0.759. The van der Waals surface area contributed by atoms with Gasteiger partial charge in [0.15, 0.2) is 0 Å². The molecule has 1 amide bonds. The van der Waals surface area contributed by atoms with E-state index in [1.165, 1.54) is 16.7 Å². The van der Waals surface area contributed by atoms with Crippen LogP contribution >= 0.6 is 23.4 Å². The number of amides is 1. The molecule has 0 aliphatic carbocycles. The average Bonchev–Trinajstić information content (AvgIpc) is 3.01. The molecule has 0 radical (unpaired) electrons. The van der Waals surface area contributed by atoms with Crippen molar-refractivity contribution in [1.82, 2.24) is 0 Å². The number of hydrogen-bond donors (Lipinski definition) is 1. The number of para-hydroxylation sites is 2. The number of anilines is 1. The van der Waals surface area contributed by atoms with Crippen molar-refractivity contribution >= 4 is 40.0 Å². The smallest absolute Gasteiger partial charge is 0.254 e. The predicted molar refractivity (Wildman–Crippen MR) is 181 cm³/mol. The number of halogens is 1. The first-order valence-corrected chi connectivity index (χ1v) is 15.7. The van der Waals surface area contributed by atoms with E-state index in [4.69, 9.17) is 21.3 Å². The first-order valence-electron chi connectivity index (χ1n) is 14.5. The standard InChI is InChI=1S/C37H34ClN3O2S/c1-23-18-24(2)20-26(19-23)21-33(27-12-6-5-7-13-27)44-37-29(22-39)35(28-14-8-9-15-30(28)38)34(25(3)40-37)36(42)41-31-16-10-11-17-32(31)43-4/h5-20,29,33,35H,21H2,1-4H3,(H,41,42). The van der Waals surface area contributed by atoms with E-state index >= 15 is 0 Å². The number of allylic oxidation sites excluding steroid dienone is 1. The number of rotatable bonds is 8. The number of ether oxygens (including phenoxy) is 1. The summed E-state index contributed by atoms with van der Waals surface area (Å²) in [5, 5.41) is 14.9. The quantitative estimate of drug-likeness (QED) is 0.213. The largest absolute Gasteiger partial charge is 0.495 e. The molecule has 44 heavy (non-hydrogen) atoms. The highest BCUT2D eigenvalue weighted by Crippen LogP contribution is 2.47. The van der Waals surface area contributed by atoms with Crippen LogP contribution in [0.5, 0.6) is 5.75 Å². The van der Waals surface area contributed by atoms with Gasteiger partial charge in [0, 0.05) is 27.5 Å². The summed E-state index contributed by atoms with van der Waals surface area (Å²) in [6.45, 7) is 6.05. The number of nitrogens with one attached hydrogen (secondary N) is 1. The van der Waals surface area contributed by atoms with Crippen molar-refractivity contribution in [2.75, 3.05) is 12.4 Å². The number of aryl methyl sites for hydroxylation is 2. The summed E-state index contributed by atoms with van der Waals surface area (Å²) in [7, 11) is 1.56. The lowest BCUT2D eigenvalue weighted by atomic mass is 9.78. The molecule has 3 unspecified atom stereocenters. The van der Waals surface area contributed by atoms with Gasteiger partial charge in [0.05, 0.1) is 23.9 Å².